The number of hydrogen-bond donors (Lipinski definition) is 1. The lowest BCUT2D eigenvalue weighted by atomic mass is 10.1. The van der Waals surface area contributed by atoms with E-state index in [-0.39, 0.29) is 11.9 Å². The molecule has 1 aliphatic heterocycles. The Morgan fingerprint density at radius 2 is 1.69 bits per heavy atom. The van der Waals surface area contributed by atoms with E-state index < -0.39 is 0 Å². The summed E-state index contributed by atoms with van der Waals surface area (Å²) in [5, 5.41) is 5.02. The van der Waals surface area contributed by atoms with Crippen molar-refractivity contribution in [3.05, 3.63) is 72.4 Å². The predicted octanol–water partition coefficient (Wildman–Crippen LogP) is 4.75. The monoisotopic (exact) mass is 402 g/mol. The summed E-state index contributed by atoms with van der Waals surface area (Å²) >= 11 is 1.83. The highest BCUT2D eigenvalue weighted by molar-refractivity contribution is 8.00. The summed E-state index contributed by atoms with van der Waals surface area (Å²) in [6, 6.07) is 20.1. The Morgan fingerprint density at radius 1 is 1.00 bits per heavy atom. The largest absolute Gasteiger partial charge is 0.359 e. The lowest BCUT2D eigenvalue weighted by Gasteiger charge is -2.10. The molecule has 5 heteroatoms. The number of thioether (sulfide) groups is 1. The van der Waals surface area contributed by atoms with Crippen LogP contribution in [0.4, 0.5) is 5.82 Å². The predicted molar refractivity (Wildman–Crippen MR) is 116 cm³/mol. The highest BCUT2D eigenvalue weighted by atomic mass is 32.2. The van der Waals surface area contributed by atoms with E-state index in [0.717, 1.165) is 27.7 Å². The molecule has 0 saturated heterocycles. The van der Waals surface area contributed by atoms with E-state index >= 15 is 0 Å². The standard InChI is InChI=1S/C24H23N3OS/c28-24-20(15-17-9-3-1-4-10-17)25-22-23(29-19-13-7-8-14-19)26-21(16-27(22)24)18-11-5-2-6-12-18/h1-6,9-12,16,19-20H,7-8,13-15H2/p+1. The second-order valence-corrected chi connectivity index (χ2v) is 9.05. The van der Waals surface area contributed by atoms with Crippen LogP contribution in [0.25, 0.3) is 11.3 Å². The van der Waals surface area contributed by atoms with E-state index in [9.17, 15) is 4.79 Å². The van der Waals surface area contributed by atoms with Gasteiger partial charge in [-0.3, -0.25) is 5.32 Å². The van der Waals surface area contributed by atoms with Gasteiger partial charge >= 0.3 is 11.7 Å². The maximum atomic E-state index is 13.2. The minimum atomic E-state index is -0.256. The van der Waals surface area contributed by atoms with Gasteiger partial charge in [0.1, 0.15) is 11.9 Å². The molecule has 1 atom stereocenters. The summed E-state index contributed by atoms with van der Waals surface area (Å²) < 4.78 is 1.79. The first-order valence-electron chi connectivity index (χ1n) is 10.3. The normalized spacial score (nSPS) is 18.6. The van der Waals surface area contributed by atoms with Crippen molar-refractivity contribution >= 4 is 23.5 Å². The van der Waals surface area contributed by atoms with Gasteiger partial charge in [0.25, 0.3) is 0 Å². The molecule has 0 bridgehead atoms. The zero-order chi connectivity index (χ0) is 19.6. The Morgan fingerprint density at radius 3 is 2.41 bits per heavy atom. The fourth-order valence-electron chi connectivity index (χ4n) is 4.16. The van der Waals surface area contributed by atoms with Crippen molar-refractivity contribution in [1.29, 1.82) is 0 Å². The molecule has 1 aromatic heterocycles. The molecule has 5 rings (SSSR count). The number of rotatable bonds is 5. The van der Waals surface area contributed by atoms with Crippen LogP contribution in [0.15, 0.2) is 71.9 Å². The van der Waals surface area contributed by atoms with E-state index in [2.05, 4.69) is 17.4 Å². The molecular weight excluding hydrogens is 378 g/mol. The third kappa shape index (κ3) is 3.79. The van der Waals surface area contributed by atoms with Crippen LogP contribution in [0.1, 0.15) is 36.0 Å². The van der Waals surface area contributed by atoms with Gasteiger partial charge in [0.05, 0.1) is 0 Å². The van der Waals surface area contributed by atoms with Gasteiger partial charge in [0, 0.05) is 17.2 Å². The Bertz CT molecular complexity index is 1020. The topological polar surface area (TPSA) is 45.9 Å². The van der Waals surface area contributed by atoms with Crippen molar-refractivity contribution in [2.75, 3.05) is 5.32 Å². The highest BCUT2D eigenvalue weighted by Crippen LogP contribution is 2.38. The second-order valence-electron chi connectivity index (χ2n) is 7.77. The number of benzene rings is 2. The number of aromatic nitrogens is 2. The zero-order valence-corrected chi connectivity index (χ0v) is 17.1. The number of carbonyl (C=O) groups is 1. The lowest BCUT2D eigenvalue weighted by Crippen LogP contribution is -2.44. The van der Waals surface area contributed by atoms with Crippen molar-refractivity contribution in [2.24, 2.45) is 0 Å². The maximum Gasteiger partial charge on any atom is 0.359 e. The molecule has 0 radical (unpaired) electrons. The molecule has 2 aromatic carbocycles. The average molecular weight is 403 g/mol. The smallest absolute Gasteiger partial charge is 0.257 e. The minimum absolute atomic E-state index is 0.0942. The van der Waals surface area contributed by atoms with Crippen molar-refractivity contribution in [2.45, 2.75) is 48.4 Å². The van der Waals surface area contributed by atoms with E-state index in [1.165, 1.54) is 25.7 Å². The number of nitrogens with one attached hydrogen (secondary N) is 1. The second kappa shape index (κ2) is 7.99. The lowest BCUT2D eigenvalue weighted by molar-refractivity contribution is -0.554. The molecule has 1 aliphatic carbocycles. The summed E-state index contributed by atoms with van der Waals surface area (Å²) in [7, 11) is 0. The Hall–Kier alpha value is -2.66. The van der Waals surface area contributed by atoms with Gasteiger partial charge in [-0.15, -0.1) is 0 Å². The number of hydrogen-bond acceptors (Lipinski definition) is 4. The van der Waals surface area contributed by atoms with Crippen LogP contribution in [-0.4, -0.2) is 22.2 Å². The minimum Gasteiger partial charge on any atom is -0.257 e. The van der Waals surface area contributed by atoms with Crippen molar-refractivity contribution < 1.29 is 9.36 Å². The molecule has 4 nitrogen and oxygen atoms in total. The Balaban J connectivity index is 1.51. The third-order valence-electron chi connectivity index (χ3n) is 5.70. The molecular formula is C24H24N3OS+. The van der Waals surface area contributed by atoms with E-state index in [1.54, 1.807) is 4.57 Å². The summed E-state index contributed by atoms with van der Waals surface area (Å²) in [5.41, 5.74) is 3.05. The van der Waals surface area contributed by atoms with Crippen molar-refractivity contribution in [1.82, 2.24) is 4.98 Å². The summed E-state index contributed by atoms with van der Waals surface area (Å²) in [5.74, 6) is 0.948. The number of fused-ring (bicyclic) bond motifs is 1. The van der Waals surface area contributed by atoms with E-state index in [0.29, 0.717) is 11.7 Å². The van der Waals surface area contributed by atoms with Crippen molar-refractivity contribution in [3.63, 3.8) is 0 Å². The summed E-state index contributed by atoms with van der Waals surface area (Å²) in [6.07, 6.45) is 7.59. The molecule has 2 aliphatic rings. The molecule has 146 valence electrons. The average Bonchev–Trinajstić information content (AvgIpc) is 3.38. The van der Waals surface area contributed by atoms with Gasteiger partial charge in [-0.1, -0.05) is 85.3 Å². The summed E-state index contributed by atoms with van der Waals surface area (Å²) in [6.45, 7) is 0. The van der Waals surface area contributed by atoms with Crippen LogP contribution in [0.5, 0.6) is 0 Å². The Kier molecular flexibility index (Phi) is 5.06. The molecule has 0 amide bonds. The SMILES string of the molecule is O=C1C(Cc2ccccc2)Nc2c(SC3CCCC3)nc(-c3ccccc3)c[n+]21. The van der Waals surface area contributed by atoms with Gasteiger partial charge in [-0.05, 0) is 18.4 Å². The number of carbonyl (C=O) groups excluding carboxylic acids is 1. The van der Waals surface area contributed by atoms with Crippen LogP contribution in [0.3, 0.4) is 0 Å². The first-order valence-corrected chi connectivity index (χ1v) is 11.2. The highest BCUT2D eigenvalue weighted by Gasteiger charge is 2.41. The van der Waals surface area contributed by atoms with Crippen LogP contribution >= 0.6 is 11.8 Å². The molecule has 0 spiro atoms. The molecule has 1 unspecified atom stereocenters. The van der Waals surface area contributed by atoms with Gasteiger partial charge < -0.3 is 0 Å². The molecule has 3 aromatic rings. The molecule has 2 heterocycles. The fraction of sp³-hybridized carbons (Fsp3) is 0.292. The van der Waals surface area contributed by atoms with Crippen LogP contribution in [-0.2, 0) is 6.42 Å². The van der Waals surface area contributed by atoms with Crippen LogP contribution in [0, 0.1) is 0 Å². The number of nitrogens with zero attached hydrogens (tertiary/aromatic N) is 2. The quantitative estimate of drug-likeness (QED) is 0.626. The van der Waals surface area contributed by atoms with Gasteiger partial charge in [0.15, 0.2) is 11.1 Å². The van der Waals surface area contributed by atoms with Gasteiger partial charge in [-0.25, -0.2) is 9.78 Å². The maximum absolute atomic E-state index is 13.2. The Labute approximate surface area is 175 Å². The van der Waals surface area contributed by atoms with Crippen LogP contribution in [0.2, 0.25) is 0 Å². The fourth-order valence-corrected chi connectivity index (χ4v) is 5.47. The first-order chi connectivity index (χ1) is 14.3. The molecule has 29 heavy (non-hydrogen) atoms. The van der Waals surface area contributed by atoms with E-state index in [4.69, 9.17) is 4.98 Å². The zero-order valence-electron chi connectivity index (χ0n) is 16.3. The van der Waals surface area contributed by atoms with Crippen molar-refractivity contribution in [3.8, 4) is 11.3 Å². The van der Waals surface area contributed by atoms with Gasteiger partial charge in [0.2, 0.25) is 0 Å². The third-order valence-corrected chi connectivity index (χ3v) is 7.01. The molecule has 1 N–H and O–H groups in total. The van der Waals surface area contributed by atoms with Crippen LogP contribution < -0.4 is 9.88 Å². The molecule has 1 fully saturated rings. The number of anilines is 1. The summed E-state index contributed by atoms with van der Waals surface area (Å²) in [4.78, 5) is 18.2. The van der Waals surface area contributed by atoms with E-state index in [1.807, 2.05) is 66.5 Å². The first kappa shape index (κ1) is 18.4. The van der Waals surface area contributed by atoms with Gasteiger partial charge in [-0.2, -0.15) is 4.57 Å². The molecule has 1 saturated carbocycles.